The fraction of sp³-hybridized carbons (Fsp3) is 0.700. The molecule has 0 bridgehead atoms. The van der Waals surface area contributed by atoms with E-state index in [4.69, 9.17) is 0 Å². The Morgan fingerprint density at radius 1 is 1.43 bits per heavy atom. The van der Waals surface area contributed by atoms with Crippen molar-refractivity contribution in [3.8, 4) is 0 Å². The molecule has 0 radical (unpaired) electrons. The number of nitrogens with one attached hydrogen (secondary N) is 2. The summed E-state index contributed by atoms with van der Waals surface area (Å²) in [5.74, 6) is 1.06. The first-order valence-electron chi connectivity index (χ1n) is 5.20. The number of imidazole rings is 1. The van der Waals surface area contributed by atoms with Crippen molar-refractivity contribution in [3.05, 3.63) is 18.2 Å². The number of aromatic nitrogens is 2. The standard InChI is InChI=1S/C10H18N4/c1-8-5-14(6-9(2)13-8)7-10-11-3-4-12-10/h3-4,8-9,13H,5-7H2,1-2H3,(H,11,12). The smallest absolute Gasteiger partial charge is 0.120 e. The maximum absolute atomic E-state index is 4.24. The molecule has 0 spiro atoms. The number of rotatable bonds is 2. The normalized spacial score (nSPS) is 29.3. The zero-order chi connectivity index (χ0) is 9.97. The van der Waals surface area contributed by atoms with E-state index in [2.05, 4.69) is 34.0 Å². The Morgan fingerprint density at radius 3 is 2.71 bits per heavy atom. The van der Waals surface area contributed by atoms with E-state index < -0.39 is 0 Å². The summed E-state index contributed by atoms with van der Waals surface area (Å²) in [6.45, 7) is 7.59. The molecule has 1 aliphatic rings. The molecule has 1 fully saturated rings. The third-order valence-corrected chi connectivity index (χ3v) is 2.56. The molecule has 2 rings (SSSR count). The molecule has 2 N–H and O–H groups in total. The fourth-order valence-corrected chi connectivity index (χ4v) is 2.17. The molecule has 1 aromatic heterocycles. The molecule has 1 saturated heterocycles. The van der Waals surface area contributed by atoms with Gasteiger partial charge in [-0.1, -0.05) is 0 Å². The van der Waals surface area contributed by atoms with Crippen molar-refractivity contribution in [2.75, 3.05) is 13.1 Å². The number of hydrogen-bond donors (Lipinski definition) is 2. The first-order valence-corrected chi connectivity index (χ1v) is 5.20. The maximum atomic E-state index is 4.24. The van der Waals surface area contributed by atoms with Crippen molar-refractivity contribution < 1.29 is 0 Å². The molecule has 2 heterocycles. The number of aromatic amines is 1. The van der Waals surface area contributed by atoms with Crippen LogP contribution in [0.3, 0.4) is 0 Å². The minimum absolute atomic E-state index is 0.578. The van der Waals surface area contributed by atoms with E-state index in [9.17, 15) is 0 Å². The molecule has 0 amide bonds. The Balaban J connectivity index is 1.91. The highest BCUT2D eigenvalue weighted by Gasteiger charge is 2.20. The van der Waals surface area contributed by atoms with Gasteiger partial charge >= 0.3 is 0 Å². The molecule has 1 aliphatic heterocycles. The zero-order valence-electron chi connectivity index (χ0n) is 8.83. The summed E-state index contributed by atoms with van der Waals surface area (Å²) in [6.07, 6.45) is 3.69. The van der Waals surface area contributed by atoms with E-state index in [1.165, 1.54) is 0 Å². The fourth-order valence-electron chi connectivity index (χ4n) is 2.17. The molecular formula is C10H18N4. The Hall–Kier alpha value is -0.870. The van der Waals surface area contributed by atoms with Gasteiger partial charge < -0.3 is 10.3 Å². The second-order valence-electron chi connectivity index (χ2n) is 4.20. The highest BCUT2D eigenvalue weighted by atomic mass is 15.2. The molecule has 0 aromatic carbocycles. The Bertz CT molecular complexity index is 260. The van der Waals surface area contributed by atoms with Crippen LogP contribution in [0.4, 0.5) is 0 Å². The van der Waals surface area contributed by atoms with Crippen LogP contribution in [0.2, 0.25) is 0 Å². The van der Waals surface area contributed by atoms with E-state index in [-0.39, 0.29) is 0 Å². The van der Waals surface area contributed by atoms with Gasteiger partial charge in [0.15, 0.2) is 0 Å². The average Bonchev–Trinajstić information content (AvgIpc) is 2.54. The van der Waals surface area contributed by atoms with Gasteiger partial charge in [-0.25, -0.2) is 4.98 Å². The monoisotopic (exact) mass is 194 g/mol. The lowest BCUT2D eigenvalue weighted by molar-refractivity contribution is 0.163. The quantitative estimate of drug-likeness (QED) is 0.724. The van der Waals surface area contributed by atoms with E-state index in [1.807, 2.05) is 12.4 Å². The van der Waals surface area contributed by atoms with Crippen molar-refractivity contribution >= 4 is 0 Å². The SMILES string of the molecule is CC1CN(Cc2ncc[nH]2)CC(C)N1. The Labute approximate surface area is 84.7 Å². The highest BCUT2D eigenvalue weighted by Crippen LogP contribution is 2.06. The number of piperazine rings is 1. The Morgan fingerprint density at radius 2 is 2.14 bits per heavy atom. The molecule has 78 valence electrons. The summed E-state index contributed by atoms with van der Waals surface area (Å²) < 4.78 is 0. The lowest BCUT2D eigenvalue weighted by Gasteiger charge is -2.35. The molecular weight excluding hydrogens is 176 g/mol. The largest absolute Gasteiger partial charge is 0.348 e. The van der Waals surface area contributed by atoms with Crippen molar-refractivity contribution in [2.24, 2.45) is 0 Å². The first-order chi connectivity index (χ1) is 6.74. The minimum atomic E-state index is 0.578. The molecule has 0 saturated carbocycles. The first kappa shape index (κ1) is 9.68. The molecule has 14 heavy (non-hydrogen) atoms. The third kappa shape index (κ3) is 2.33. The van der Waals surface area contributed by atoms with Gasteiger partial charge in [-0.15, -0.1) is 0 Å². The van der Waals surface area contributed by atoms with Crippen molar-refractivity contribution in [1.82, 2.24) is 20.2 Å². The number of hydrogen-bond acceptors (Lipinski definition) is 3. The lowest BCUT2D eigenvalue weighted by atomic mass is 10.1. The second-order valence-corrected chi connectivity index (χ2v) is 4.20. The predicted molar refractivity (Wildman–Crippen MR) is 55.9 cm³/mol. The van der Waals surface area contributed by atoms with Crippen LogP contribution in [-0.2, 0) is 6.54 Å². The van der Waals surface area contributed by atoms with Gasteiger partial charge in [0.2, 0.25) is 0 Å². The van der Waals surface area contributed by atoms with Crippen LogP contribution in [0.5, 0.6) is 0 Å². The van der Waals surface area contributed by atoms with Crippen LogP contribution < -0.4 is 5.32 Å². The third-order valence-electron chi connectivity index (χ3n) is 2.56. The van der Waals surface area contributed by atoms with Crippen molar-refractivity contribution in [2.45, 2.75) is 32.5 Å². The predicted octanol–water partition coefficient (Wildman–Crippen LogP) is 0.592. The molecule has 2 atom stereocenters. The van der Waals surface area contributed by atoms with Gasteiger partial charge in [0.1, 0.15) is 5.82 Å². The highest BCUT2D eigenvalue weighted by molar-refractivity contribution is 4.89. The molecule has 4 heteroatoms. The number of nitrogens with zero attached hydrogens (tertiary/aromatic N) is 2. The van der Waals surface area contributed by atoms with Gasteiger partial charge in [-0.2, -0.15) is 0 Å². The van der Waals surface area contributed by atoms with Gasteiger partial charge in [0.05, 0.1) is 6.54 Å². The van der Waals surface area contributed by atoms with Gasteiger partial charge in [0, 0.05) is 37.6 Å². The lowest BCUT2D eigenvalue weighted by Crippen LogP contribution is -2.53. The van der Waals surface area contributed by atoms with E-state index in [0.717, 1.165) is 25.5 Å². The summed E-state index contributed by atoms with van der Waals surface area (Å²) in [6, 6.07) is 1.16. The Kier molecular flexibility index (Phi) is 2.84. The molecule has 4 nitrogen and oxygen atoms in total. The average molecular weight is 194 g/mol. The minimum Gasteiger partial charge on any atom is -0.348 e. The van der Waals surface area contributed by atoms with Gasteiger partial charge in [-0.05, 0) is 13.8 Å². The van der Waals surface area contributed by atoms with Crippen LogP contribution >= 0.6 is 0 Å². The van der Waals surface area contributed by atoms with Crippen LogP contribution in [0, 0.1) is 0 Å². The van der Waals surface area contributed by atoms with E-state index in [0.29, 0.717) is 12.1 Å². The second kappa shape index (κ2) is 4.11. The number of H-pyrrole nitrogens is 1. The van der Waals surface area contributed by atoms with Crippen LogP contribution in [0.1, 0.15) is 19.7 Å². The van der Waals surface area contributed by atoms with Crippen LogP contribution in [0.25, 0.3) is 0 Å². The summed E-state index contributed by atoms with van der Waals surface area (Å²) in [5, 5.41) is 3.52. The van der Waals surface area contributed by atoms with Crippen LogP contribution in [-0.4, -0.2) is 40.0 Å². The maximum Gasteiger partial charge on any atom is 0.120 e. The molecule has 0 aliphatic carbocycles. The summed E-state index contributed by atoms with van der Waals surface area (Å²) >= 11 is 0. The van der Waals surface area contributed by atoms with Gasteiger partial charge in [-0.3, -0.25) is 4.90 Å². The van der Waals surface area contributed by atoms with E-state index in [1.54, 1.807) is 0 Å². The van der Waals surface area contributed by atoms with Gasteiger partial charge in [0.25, 0.3) is 0 Å². The van der Waals surface area contributed by atoms with Crippen LogP contribution in [0.15, 0.2) is 12.4 Å². The summed E-state index contributed by atoms with van der Waals surface area (Å²) in [4.78, 5) is 9.82. The summed E-state index contributed by atoms with van der Waals surface area (Å²) in [7, 11) is 0. The zero-order valence-corrected chi connectivity index (χ0v) is 8.83. The topological polar surface area (TPSA) is 44.0 Å². The van der Waals surface area contributed by atoms with Crippen molar-refractivity contribution in [3.63, 3.8) is 0 Å². The van der Waals surface area contributed by atoms with E-state index >= 15 is 0 Å². The summed E-state index contributed by atoms with van der Waals surface area (Å²) in [5.41, 5.74) is 0. The van der Waals surface area contributed by atoms with Crippen molar-refractivity contribution in [1.29, 1.82) is 0 Å². The molecule has 2 unspecified atom stereocenters. The molecule has 1 aromatic rings.